The predicted molar refractivity (Wildman–Crippen MR) is 75.3 cm³/mol. The van der Waals surface area contributed by atoms with Crippen molar-refractivity contribution in [2.24, 2.45) is 17.6 Å². The second kappa shape index (κ2) is 6.89. The van der Waals surface area contributed by atoms with Crippen LogP contribution in [-0.2, 0) is 14.4 Å². The van der Waals surface area contributed by atoms with Gasteiger partial charge >= 0.3 is 5.97 Å². The minimum atomic E-state index is -0.865. The van der Waals surface area contributed by atoms with Crippen molar-refractivity contribution < 1.29 is 19.5 Å². The van der Waals surface area contributed by atoms with Crippen LogP contribution in [0.1, 0.15) is 25.7 Å². The fraction of sp³-hybridized carbons (Fsp3) is 0.786. The maximum atomic E-state index is 12.5. The summed E-state index contributed by atoms with van der Waals surface area (Å²) in [5.74, 6) is -2.19. The third kappa shape index (κ3) is 3.93. The smallest absolute Gasteiger partial charge is 0.307 e. The van der Waals surface area contributed by atoms with E-state index in [0.29, 0.717) is 32.5 Å². The number of nitrogens with zero attached hydrogens (tertiary/aromatic N) is 2. The molecular weight excluding hydrogens is 274 g/mol. The largest absolute Gasteiger partial charge is 0.481 e. The summed E-state index contributed by atoms with van der Waals surface area (Å²) in [6, 6.07) is 0. The van der Waals surface area contributed by atoms with Gasteiger partial charge in [-0.1, -0.05) is 6.42 Å². The van der Waals surface area contributed by atoms with E-state index in [-0.39, 0.29) is 24.3 Å². The van der Waals surface area contributed by atoms with Gasteiger partial charge < -0.3 is 15.7 Å². The molecule has 0 radical (unpaired) electrons. The van der Waals surface area contributed by atoms with Crippen molar-refractivity contribution >= 4 is 17.8 Å². The molecule has 1 heterocycles. The molecule has 0 aromatic heterocycles. The zero-order valence-corrected chi connectivity index (χ0v) is 12.2. The van der Waals surface area contributed by atoms with E-state index in [9.17, 15) is 19.5 Å². The Kier molecular flexibility index (Phi) is 5.17. The molecule has 7 nitrogen and oxygen atoms in total. The quantitative estimate of drug-likeness (QED) is 0.728. The van der Waals surface area contributed by atoms with E-state index < -0.39 is 11.9 Å². The van der Waals surface area contributed by atoms with Gasteiger partial charge in [0, 0.05) is 26.2 Å². The second-order valence-corrected chi connectivity index (χ2v) is 5.90. The minimum absolute atomic E-state index is 0.0409. The first-order valence-electron chi connectivity index (χ1n) is 7.51. The van der Waals surface area contributed by atoms with Crippen molar-refractivity contribution in [2.45, 2.75) is 25.7 Å². The van der Waals surface area contributed by atoms with Gasteiger partial charge in [0.05, 0.1) is 18.4 Å². The van der Waals surface area contributed by atoms with Crippen LogP contribution in [0.5, 0.6) is 0 Å². The lowest BCUT2D eigenvalue weighted by atomic mass is 9.94. The number of hydrogen-bond donors (Lipinski definition) is 2. The van der Waals surface area contributed by atoms with Crippen molar-refractivity contribution in [1.29, 1.82) is 0 Å². The standard InChI is InChI=1S/C14H23N3O4/c15-12(18)9-16-5-2-6-17(8-7-16)13(19)10-3-1-4-11(10)14(20)21/h10-11H,1-9H2,(H2,15,18)(H,20,21)/t10-,11+/m1/s1. The number of rotatable bonds is 4. The fourth-order valence-corrected chi connectivity index (χ4v) is 3.36. The Morgan fingerprint density at radius 3 is 2.38 bits per heavy atom. The van der Waals surface area contributed by atoms with Gasteiger partial charge in [0.2, 0.25) is 11.8 Å². The molecule has 21 heavy (non-hydrogen) atoms. The van der Waals surface area contributed by atoms with Crippen LogP contribution < -0.4 is 5.73 Å². The van der Waals surface area contributed by atoms with Crippen LogP contribution in [0.15, 0.2) is 0 Å². The van der Waals surface area contributed by atoms with Crippen molar-refractivity contribution in [1.82, 2.24) is 9.80 Å². The zero-order valence-electron chi connectivity index (χ0n) is 12.2. The molecule has 2 fully saturated rings. The van der Waals surface area contributed by atoms with Gasteiger partial charge in [-0.2, -0.15) is 0 Å². The van der Waals surface area contributed by atoms with E-state index in [1.165, 1.54) is 0 Å². The van der Waals surface area contributed by atoms with Crippen LogP contribution in [0.4, 0.5) is 0 Å². The van der Waals surface area contributed by atoms with Gasteiger partial charge in [-0.05, 0) is 19.3 Å². The van der Waals surface area contributed by atoms with Crippen LogP contribution in [0.25, 0.3) is 0 Å². The number of carbonyl (C=O) groups excluding carboxylic acids is 2. The third-order valence-corrected chi connectivity index (χ3v) is 4.43. The molecule has 0 bridgehead atoms. The number of amides is 2. The topological polar surface area (TPSA) is 104 Å². The average molecular weight is 297 g/mol. The van der Waals surface area contributed by atoms with E-state index in [2.05, 4.69) is 0 Å². The monoisotopic (exact) mass is 297 g/mol. The second-order valence-electron chi connectivity index (χ2n) is 5.90. The first kappa shape index (κ1) is 15.8. The van der Waals surface area contributed by atoms with Crippen molar-refractivity contribution in [3.8, 4) is 0 Å². The molecule has 0 aromatic carbocycles. The molecule has 2 atom stereocenters. The van der Waals surface area contributed by atoms with Crippen LogP contribution in [0.2, 0.25) is 0 Å². The average Bonchev–Trinajstić information content (AvgIpc) is 2.79. The Balaban J connectivity index is 1.94. The highest BCUT2D eigenvalue weighted by Gasteiger charge is 2.39. The molecule has 2 amide bonds. The molecule has 1 saturated carbocycles. The molecule has 1 aliphatic carbocycles. The lowest BCUT2D eigenvalue weighted by Gasteiger charge is -2.26. The third-order valence-electron chi connectivity index (χ3n) is 4.43. The number of hydrogen-bond acceptors (Lipinski definition) is 4. The van der Waals surface area contributed by atoms with E-state index in [4.69, 9.17) is 5.73 Å². The van der Waals surface area contributed by atoms with Crippen LogP contribution in [-0.4, -0.2) is 65.4 Å². The highest BCUT2D eigenvalue weighted by atomic mass is 16.4. The maximum Gasteiger partial charge on any atom is 0.307 e. The van der Waals surface area contributed by atoms with E-state index in [1.54, 1.807) is 4.90 Å². The SMILES string of the molecule is NC(=O)CN1CCCN(C(=O)[C@@H]2CCC[C@@H]2C(=O)O)CC1. The van der Waals surface area contributed by atoms with Crippen LogP contribution in [0, 0.1) is 11.8 Å². The van der Waals surface area contributed by atoms with Gasteiger partial charge in [0.1, 0.15) is 0 Å². The van der Waals surface area contributed by atoms with Gasteiger partial charge in [-0.25, -0.2) is 0 Å². The Hall–Kier alpha value is -1.63. The summed E-state index contributed by atoms with van der Waals surface area (Å²) in [4.78, 5) is 38.4. The summed E-state index contributed by atoms with van der Waals surface area (Å²) in [6.45, 7) is 2.72. The lowest BCUT2D eigenvalue weighted by Crippen LogP contribution is -2.42. The summed E-state index contributed by atoms with van der Waals surface area (Å²) in [5.41, 5.74) is 5.19. The Morgan fingerprint density at radius 2 is 1.71 bits per heavy atom. The molecule has 2 rings (SSSR count). The van der Waals surface area contributed by atoms with Gasteiger partial charge in [-0.3, -0.25) is 19.3 Å². The molecule has 118 valence electrons. The fourth-order valence-electron chi connectivity index (χ4n) is 3.36. The van der Waals surface area contributed by atoms with E-state index >= 15 is 0 Å². The van der Waals surface area contributed by atoms with E-state index in [0.717, 1.165) is 19.4 Å². The number of primary amides is 1. The van der Waals surface area contributed by atoms with Gasteiger partial charge in [0.15, 0.2) is 0 Å². The summed E-state index contributed by atoms with van der Waals surface area (Å²) >= 11 is 0. The number of carboxylic acid groups (broad SMARTS) is 1. The molecule has 0 aromatic rings. The number of aliphatic carboxylic acids is 1. The number of nitrogens with two attached hydrogens (primary N) is 1. The van der Waals surface area contributed by atoms with Crippen molar-refractivity contribution in [3.05, 3.63) is 0 Å². The first-order chi connectivity index (χ1) is 9.99. The highest BCUT2D eigenvalue weighted by molar-refractivity contribution is 5.85. The molecular formula is C14H23N3O4. The van der Waals surface area contributed by atoms with Gasteiger partial charge in [0.25, 0.3) is 0 Å². The Bertz CT molecular complexity index is 426. The lowest BCUT2D eigenvalue weighted by molar-refractivity contribution is -0.149. The Morgan fingerprint density at radius 1 is 1.00 bits per heavy atom. The highest BCUT2D eigenvalue weighted by Crippen LogP contribution is 2.33. The van der Waals surface area contributed by atoms with Crippen LogP contribution >= 0.6 is 0 Å². The molecule has 1 aliphatic heterocycles. The first-order valence-corrected chi connectivity index (χ1v) is 7.51. The normalized spacial score (nSPS) is 27.3. The Labute approximate surface area is 124 Å². The van der Waals surface area contributed by atoms with Gasteiger partial charge in [-0.15, -0.1) is 0 Å². The van der Waals surface area contributed by atoms with Crippen LogP contribution in [0.3, 0.4) is 0 Å². The predicted octanol–water partition coefficient (Wildman–Crippen LogP) is -0.493. The summed E-state index contributed by atoms with van der Waals surface area (Å²) in [6.07, 6.45) is 2.84. The molecule has 7 heteroatoms. The molecule has 1 saturated heterocycles. The maximum absolute atomic E-state index is 12.5. The summed E-state index contributed by atoms with van der Waals surface area (Å²) < 4.78 is 0. The van der Waals surface area contributed by atoms with E-state index in [1.807, 2.05) is 4.90 Å². The molecule has 2 aliphatic rings. The molecule has 0 unspecified atom stereocenters. The molecule has 3 N–H and O–H groups in total. The number of carboxylic acids is 1. The minimum Gasteiger partial charge on any atom is -0.481 e. The summed E-state index contributed by atoms with van der Waals surface area (Å²) in [7, 11) is 0. The number of carbonyl (C=O) groups is 3. The van der Waals surface area contributed by atoms with Crippen molar-refractivity contribution in [2.75, 3.05) is 32.7 Å². The molecule has 0 spiro atoms. The zero-order chi connectivity index (χ0) is 15.4. The summed E-state index contributed by atoms with van der Waals surface area (Å²) in [5, 5.41) is 9.20. The van der Waals surface area contributed by atoms with Crippen molar-refractivity contribution in [3.63, 3.8) is 0 Å².